The van der Waals surface area contributed by atoms with Crippen LogP contribution in [-0.2, 0) is 4.79 Å². The van der Waals surface area contributed by atoms with E-state index in [0.29, 0.717) is 11.4 Å². The number of nitrogens with zero attached hydrogens (tertiary/aromatic N) is 1. The second-order valence-electron chi connectivity index (χ2n) is 4.14. The van der Waals surface area contributed by atoms with Crippen molar-refractivity contribution in [2.45, 2.75) is 6.92 Å². The topological polar surface area (TPSA) is 91.3 Å². The molecule has 0 aliphatic heterocycles. The fourth-order valence-electron chi connectivity index (χ4n) is 1.60. The second-order valence-corrected chi connectivity index (χ2v) is 4.14. The van der Waals surface area contributed by atoms with Crippen LogP contribution in [0.4, 0.5) is 11.4 Å². The maximum atomic E-state index is 11.9. The number of anilines is 2. The summed E-state index contributed by atoms with van der Waals surface area (Å²) in [6.07, 6.45) is 2.61. The van der Waals surface area contributed by atoms with E-state index in [9.17, 15) is 14.7 Å². The molecule has 0 saturated carbocycles. The van der Waals surface area contributed by atoms with Crippen molar-refractivity contribution in [1.82, 2.24) is 4.98 Å². The molecule has 0 atom stereocenters. The molecule has 2 amide bonds. The van der Waals surface area contributed by atoms with Crippen LogP contribution in [0.2, 0.25) is 0 Å². The molecule has 0 fully saturated rings. The van der Waals surface area contributed by atoms with Gasteiger partial charge in [-0.15, -0.1) is 0 Å². The van der Waals surface area contributed by atoms with Crippen LogP contribution in [0.5, 0.6) is 5.75 Å². The normalized spacial score (nSPS) is 9.85. The lowest BCUT2D eigenvalue weighted by atomic mass is 10.2. The van der Waals surface area contributed by atoms with E-state index in [1.807, 2.05) is 0 Å². The number of aromatic nitrogens is 1. The van der Waals surface area contributed by atoms with Gasteiger partial charge in [-0.3, -0.25) is 14.6 Å². The van der Waals surface area contributed by atoms with Crippen LogP contribution in [0, 0.1) is 0 Å². The summed E-state index contributed by atoms with van der Waals surface area (Å²) in [7, 11) is 0. The summed E-state index contributed by atoms with van der Waals surface area (Å²) < 4.78 is 0. The van der Waals surface area contributed by atoms with Gasteiger partial charge in [0.15, 0.2) is 0 Å². The second kappa shape index (κ2) is 5.83. The summed E-state index contributed by atoms with van der Waals surface area (Å²) in [6.45, 7) is 1.42. The molecule has 20 heavy (non-hydrogen) atoms. The SMILES string of the molecule is CC(=O)Nc1ccc(NC(=O)c2cncc(O)c2)cc1. The molecule has 0 bridgehead atoms. The Labute approximate surface area is 115 Å². The molecule has 1 aromatic heterocycles. The minimum Gasteiger partial charge on any atom is -0.506 e. The molecule has 3 N–H and O–H groups in total. The summed E-state index contributed by atoms with van der Waals surface area (Å²) in [5.41, 5.74) is 1.48. The minimum atomic E-state index is -0.374. The molecule has 0 radical (unpaired) electrons. The maximum absolute atomic E-state index is 11.9. The van der Waals surface area contributed by atoms with Crippen molar-refractivity contribution < 1.29 is 14.7 Å². The quantitative estimate of drug-likeness (QED) is 0.796. The Bertz CT molecular complexity index is 638. The molecule has 1 heterocycles. The predicted octanol–water partition coefficient (Wildman–Crippen LogP) is 2.00. The van der Waals surface area contributed by atoms with Crippen molar-refractivity contribution in [3.8, 4) is 5.75 Å². The first-order valence-electron chi connectivity index (χ1n) is 5.87. The van der Waals surface area contributed by atoms with Crippen molar-refractivity contribution in [1.29, 1.82) is 0 Å². The summed E-state index contributed by atoms with van der Waals surface area (Å²) in [4.78, 5) is 26.5. The van der Waals surface area contributed by atoms with Crippen LogP contribution in [0.3, 0.4) is 0 Å². The van der Waals surface area contributed by atoms with E-state index < -0.39 is 0 Å². The Morgan fingerprint density at radius 2 is 1.65 bits per heavy atom. The van der Waals surface area contributed by atoms with Gasteiger partial charge in [-0.05, 0) is 30.3 Å². The van der Waals surface area contributed by atoms with E-state index in [0.717, 1.165) is 0 Å². The third-order valence-corrected chi connectivity index (χ3v) is 2.45. The number of benzene rings is 1. The zero-order valence-corrected chi connectivity index (χ0v) is 10.8. The number of hydrogen-bond donors (Lipinski definition) is 3. The summed E-state index contributed by atoms with van der Waals surface area (Å²) in [5, 5.41) is 14.6. The summed E-state index contributed by atoms with van der Waals surface area (Å²) >= 11 is 0. The molecule has 6 heteroatoms. The molecule has 6 nitrogen and oxygen atoms in total. The van der Waals surface area contributed by atoms with Crippen LogP contribution < -0.4 is 10.6 Å². The highest BCUT2D eigenvalue weighted by molar-refractivity contribution is 6.04. The molecule has 0 spiro atoms. The number of carbonyl (C=O) groups is 2. The lowest BCUT2D eigenvalue weighted by molar-refractivity contribution is -0.114. The predicted molar refractivity (Wildman–Crippen MR) is 74.6 cm³/mol. The number of amides is 2. The average molecular weight is 271 g/mol. The van der Waals surface area contributed by atoms with Crippen LogP contribution in [0.1, 0.15) is 17.3 Å². The zero-order chi connectivity index (χ0) is 14.5. The van der Waals surface area contributed by atoms with Gasteiger partial charge in [0.2, 0.25) is 5.91 Å². The zero-order valence-electron chi connectivity index (χ0n) is 10.8. The van der Waals surface area contributed by atoms with E-state index >= 15 is 0 Å². The molecular weight excluding hydrogens is 258 g/mol. The number of hydrogen-bond acceptors (Lipinski definition) is 4. The van der Waals surface area contributed by atoms with Gasteiger partial charge >= 0.3 is 0 Å². The lowest BCUT2D eigenvalue weighted by Crippen LogP contribution is -2.12. The number of aromatic hydroxyl groups is 1. The Morgan fingerprint density at radius 1 is 1.05 bits per heavy atom. The molecule has 0 aliphatic carbocycles. The van der Waals surface area contributed by atoms with Crippen molar-refractivity contribution >= 4 is 23.2 Å². The molecule has 1 aromatic carbocycles. The van der Waals surface area contributed by atoms with E-state index in [2.05, 4.69) is 15.6 Å². The summed E-state index contributed by atoms with van der Waals surface area (Å²) in [5.74, 6) is -0.605. The number of nitrogens with one attached hydrogen (secondary N) is 2. The first-order valence-corrected chi connectivity index (χ1v) is 5.87. The number of pyridine rings is 1. The standard InChI is InChI=1S/C14H13N3O3/c1-9(18)16-11-2-4-12(5-3-11)17-14(20)10-6-13(19)8-15-7-10/h2-8,19H,1H3,(H,16,18)(H,17,20). The van der Waals surface area contributed by atoms with Crippen molar-refractivity contribution in [2.75, 3.05) is 10.6 Å². The highest BCUT2D eigenvalue weighted by atomic mass is 16.3. The molecule has 102 valence electrons. The van der Waals surface area contributed by atoms with E-state index in [1.54, 1.807) is 24.3 Å². The number of rotatable bonds is 3. The summed E-state index contributed by atoms with van der Waals surface area (Å²) in [6, 6.07) is 8.02. The van der Waals surface area contributed by atoms with Gasteiger partial charge in [0.25, 0.3) is 5.91 Å². The van der Waals surface area contributed by atoms with Gasteiger partial charge in [0, 0.05) is 24.5 Å². The van der Waals surface area contributed by atoms with Gasteiger partial charge in [-0.2, -0.15) is 0 Å². The maximum Gasteiger partial charge on any atom is 0.257 e. The fourth-order valence-corrected chi connectivity index (χ4v) is 1.60. The monoisotopic (exact) mass is 271 g/mol. The average Bonchev–Trinajstić information content (AvgIpc) is 2.40. The first-order chi connectivity index (χ1) is 9.54. The molecule has 0 aliphatic rings. The van der Waals surface area contributed by atoms with Gasteiger partial charge in [-0.1, -0.05) is 0 Å². The highest BCUT2D eigenvalue weighted by Crippen LogP contribution is 2.15. The van der Waals surface area contributed by atoms with Crippen LogP contribution in [-0.4, -0.2) is 21.9 Å². The van der Waals surface area contributed by atoms with E-state index in [1.165, 1.54) is 25.4 Å². The highest BCUT2D eigenvalue weighted by Gasteiger charge is 2.07. The molecule has 2 aromatic rings. The lowest BCUT2D eigenvalue weighted by Gasteiger charge is -2.07. The largest absolute Gasteiger partial charge is 0.506 e. The Kier molecular flexibility index (Phi) is 3.95. The van der Waals surface area contributed by atoms with Gasteiger partial charge < -0.3 is 15.7 Å². The first kappa shape index (κ1) is 13.5. The smallest absolute Gasteiger partial charge is 0.257 e. The van der Waals surface area contributed by atoms with Crippen LogP contribution >= 0.6 is 0 Å². The van der Waals surface area contributed by atoms with Gasteiger partial charge in [0.1, 0.15) is 5.75 Å². The molecule has 2 rings (SSSR count). The van der Waals surface area contributed by atoms with Crippen molar-refractivity contribution in [2.24, 2.45) is 0 Å². The Balaban J connectivity index is 2.06. The fraction of sp³-hybridized carbons (Fsp3) is 0.0714. The van der Waals surface area contributed by atoms with Crippen molar-refractivity contribution in [3.05, 3.63) is 48.3 Å². The molecule has 0 unspecified atom stereocenters. The Morgan fingerprint density at radius 3 is 2.20 bits per heavy atom. The third-order valence-electron chi connectivity index (χ3n) is 2.45. The third kappa shape index (κ3) is 3.55. The van der Waals surface area contributed by atoms with E-state index in [4.69, 9.17) is 0 Å². The van der Waals surface area contributed by atoms with E-state index in [-0.39, 0.29) is 23.1 Å². The van der Waals surface area contributed by atoms with Crippen LogP contribution in [0.25, 0.3) is 0 Å². The Hall–Kier alpha value is -2.89. The minimum absolute atomic E-state index is 0.0707. The van der Waals surface area contributed by atoms with Gasteiger partial charge in [-0.25, -0.2) is 0 Å². The molecule has 0 saturated heterocycles. The van der Waals surface area contributed by atoms with Crippen LogP contribution in [0.15, 0.2) is 42.7 Å². The van der Waals surface area contributed by atoms with Crippen molar-refractivity contribution in [3.63, 3.8) is 0 Å². The molecular formula is C14H13N3O3. The van der Waals surface area contributed by atoms with Gasteiger partial charge in [0.05, 0.1) is 11.8 Å². The number of carbonyl (C=O) groups excluding carboxylic acids is 2.